The molecule has 0 aliphatic heterocycles. The van der Waals surface area contributed by atoms with E-state index in [1.54, 1.807) is 0 Å². The van der Waals surface area contributed by atoms with E-state index in [1.807, 2.05) is 61.5 Å². The zero-order chi connectivity index (χ0) is 16.3. The second kappa shape index (κ2) is 9.35. The van der Waals surface area contributed by atoms with E-state index in [0.29, 0.717) is 31.2 Å². The Labute approximate surface area is 136 Å². The van der Waals surface area contributed by atoms with Crippen LogP contribution in [0.15, 0.2) is 54.6 Å². The molecule has 23 heavy (non-hydrogen) atoms. The molecule has 0 bridgehead atoms. The van der Waals surface area contributed by atoms with E-state index in [4.69, 9.17) is 9.47 Å². The van der Waals surface area contributed by atoms with Crippen molar-refractivity contribution >= 4 is 11.7 Å². The van der Waals surface area contributed by atoms with Crippen LogP contribution in [0.5, 0.6) is 11.5 Å². The van der Waals surface area contributed by atoms with Crippen LogP contribution >= 0.6 is 0 Å². The molecule has 0 radical (unpaired) electrons. The first-order chi connectivity index (χ1) is 11.3. The van der Waals surface area contributed by atoms with Crippen LogP contribution < -0.4 is 20.1 Å². The molecule has 2 amide bonds. The Hall–Kier alpha value is -2.69. The standard InChI is InChI=1S/C18H22N2O3/c1-2-22-17-12-7-6-11-16(17)20-18(21)19-13-8-14-23-15-9-4-3-5-10-15/h3-7,9-12H,2,8,13-14H2,1H3,(H2,19,20,21). The van der Waals surface area contributed by atoms with Gasteiger partial charge in [-0.25, -0.2) is 4.79 Å². The fourth-order valence-electron chi connectivity index (χ4n) is 2.00. The van der Waals surface area contributed by atoms with Crippen LogP contribution in [-0.2, 0) is 0 Å². The number of carbonyl (C=O) groups is 1. The van der Waals surface area contributed by atoms with Crippen LogP contribution in [0.3, 0.4) is 0 Å². The minimum Gasteiger partial charge on any atom is -0.494 e. The summed E-state index contributed by atoms with van der Waals surface area (Å²) in [5.74, 6) is 1.50. The van der Waals surface area contributed by atoms with Gasteiger partial charge in [-0.1, -0.05) is 30.3 Å². The van der Waals surface area contributed by atoms with Crippen molar-refractivity contribution in [3.8, 4) is 11.5 Å². The third-order valence-corrected chi connectivity index (χ3v) is 3.05. The van der Waals surface area contributed by atoms with E-state index < -0.39 is 0 Å². The topological polar surface area (TPSA) is 59.6 Å². The molecular weight excluding hydrogens is 292 g/mol. The predicted octanol–water partition coefficient (Wildman–Crippen LogP) is 3.68. The molecule has 2 aromatic rings. The van der Waals surface area contributed by atoms with E-state index in [0.717, 1.165) is 12.2 Å². The summed E-state index contributed by atoms with van der Waals surface area (Å²) in [6.45, 7) is 3.55. The summed E-state index contributed by atoms with van der Waals surface area (Å²) in [6, 6.07) is 16.7. The summed E-state index contributed by atoms with van der Waals surface area (Å²) in [7, 11) is 0. The number of para-hydroxylation sites is 3. The lowest BCUT2D eigenvalue weighted by Crippen LogP contribution is -2.30. The lowest BCUT2D eigenvalue weighted by Gasteiger charge is -2.12. The normalized spacial score (nSPS) is 9.96. The smallest absolute Gasteiger partial charge is 0.319 e. The van der Waals surface area contributed by atoms with E-state index in [-0.39, 0.29) is 6.03 Å². The molecular formula is C18H22N2O3. The molecule has 2 aromatic carbocycles. The van der Waals surface area contributed by atoms with Crippen molar-refractivity contribution in [2.45, 2.75) is 13.3 Å². The number of anilines is 1. The summed E-state index contributed by atoms with van der Waals surface area (Å²) in [5, 5.41) is 5.59. The molecule has 0 heterocycles. The highest BCUT2D eigenvalue weighted by Gasteiger charge is 2.06. The maximum absolute atomic E-state index is 11.9. The van der Waals surface area contributed by atoms with Crippen LogP contribution in [0.1, 0.15) is 13.3 Å². The SMILES string of the molecule is CCOc1ccccc1NC(=O)NCCCOc1ccccc1. The first kappa shape index (κ1) is 16.7. The van der Waals surface area contributed by atoms with Gasteiger partial charge in [0, 0.05) is 6.54 Å². The first-order valence-electron chi connectivity index (χ1n) is 7.74. The molecule has 0 atom stereocenters. The molecule has 2 rings (SSSR count). The Morgan fingerprint density at radius 3 is 2.52 bits per heavy atom. The van der Waals surface area contributed by atoms with Gasteiger partial charge in [-0.15, -0.1) is 0 Å². The molecule has 0 saturated carbocycles. The Kier molecular flexibility index (Phi) is 6.78. The van der Waals surface area contributed by atoms with Gasteiger partial charge in [-0.2, -0.15) is 0 Å². The van der Waals surface area contributed by atoms with Gasteiger partial charge in [-0.3, -0.25) is 0 Å². The number of nitrogens with one attached hydrogen (secondary N) is 2. The van der Waals surface area contributed by atoms with Crippen molar-refractivity contribution in [1.29, 1.82) is 0 Å². The lowest BCUT2D eigenvalue weighted by molar-refractivity contribution is 0.250. The third kappa shape index (κ3) is 5.90. The molecule has 0 aliphatic carbocycles. The highest BCUT2D eigenvalue weighted by molar-refractivity contribution is 5.90. The average molecular weight is 314 g/mol. The number of amides is 2. The van der Waals surface area contributed by atoms with Gasteiger partial charge in [0.2, 0.25) is 0 Å². The van der Waals surface area contributed by atoms with Crippen molar-refractivity contribution in [2.24, 2.45) is 0 Å². The number of carbonyl (C=O) groups excluding carboxylic acids is 1. The van der Waals surface area contributed by atoms with Crippen molar-refractivity contribution in [1.82, 2.24) is 5.32 Å². The van der Waals surface area contributed by atoms with Gasteiger partial charge < -0.3 is 20.1 Å². The molecule has 0 fully saturated rings. The van der Waals surface area contributed by atoms with Crippen LogP contribution in [0.25, 0.3) is 0 Å². The van der Waals surface area contributed by atoms with Crippen LogP contribution in [0, 0.1) is 0 Å². The number of urea groups is 1. The Morgan fingerprint density at radius 1 is 1.00 bits per heavy atom. The molecule has 0 aromatic heterocycles. The summed E-state index contributed by atoms with van der Waals surface area (Å²) in [5.41, 5.74) is 0.660. The van der Waals surface area contributed by atoms with Gasteiger partial charge in [-0.05, 0) is 37.6 Å². The van der Waals surface area contributed by atoms with Gasteiger partial charge in [0.05, 0.1) is 18.9 Å². The third-order valence-electron chi connectivity index (χ3n) is 3.05. The molecule has 0 aliphatic rings. The van der Waals surface area contributed by atoms with E-state index >= 15 is 0 Å². The molecule has 2 N–H and O–H groups in total. The molecule has 0 spiro atoms. The largest absolute Gasteiger partial charge is 0.494 e. The molecule has 0 unspecified atom stereocenters. The lowest BCUT2D eigenvalue weighted by atomic mass is 10.3. The van der Waals surface area contributed by atoms with Crippen molar-refractivity contribution in [3.63, 3.8) is 0 Å². The maximum atomic E-state index is 11.9. The molecule has 122 valence electrons. The van der Waals surface area contributed by atoms with Gasteiger partial charge in [0.25, 0.3) is 0 Å². The highest BCUT2D eigenvalue weighted by Crippen LogP contribution is 2.23. The van der Waals surface area contributed by atoms with Gasteiger partial charge >= 0.3 is 6.03 Å². The number of hydrogen-bond acceptors (Lipinski definition) is 3. The molecule has 0 saturated heterocycles. The second-order valence-electron chi connectivity index (χ2n) is 4.83. The summed E-state index contributed by atoms with van der Waals surface area (Å²) in [4.78, 5) is 11.9. The highest BCUT2D eigenvalue weighted by atomic mass is 16.5. The van der Waals surface area contributed by atoms with Crippen molar-refractivity contribution < 1.29 is 14.3 Å². The minimum absolute atomic E-state index is 0.253. The average Bonchev–Trinajstić information content (AvgIpc) is 2.57. The molecule has 5 nitrogen and oxygen atoms in total. The van der Waals surface area contributed by atoms with Crippen molar-refractivity contribution in [3.05, 3.63) is 54.6 Å². The van der Waals surface area contributed by atoms with Crippen LogP contribution in [0.4, 0.5) is 10.5 Å². The first-order valence-corrected chi connectivity index (χ1v) is 7.74. The second-order valence-corrected chi connectivity index (χ2v) is 4.83. The zero-order valence-corrected chi connectivity index (χ0v) is 13.2. The van der Waals surface area contributed by atoms with E-state index in [2.05, 4.69) is 10.6 Å². The van der Waals surface area contributed by atoms with Crippen molar-refractivity contribution in [2.75, 3.05) is 25.1 Å². The fourth-order valence-corrected chi connectivity index (χ4v) is 2.00. The summed E-state index contributed by atoms with van der Waals surface area (Å²) < 4.78 is 11.0. The monoisotopic (exact) mass is 314 g/mol. The van der Waals surface area contributed by atoms with Crippen LogP contribution in [0.2, 0.25) is 0 Å². The maximum Gasteiger partial charge on any atom is 0.319 e. The predicted molar refractivity (Wildman–Crippen MR) is 91.2 cm³/mol. The number of rotatable bonds is 8. The minimum atomic E-state index is -0.253. The quantitative estimate of drug-likeness (QED) is 0.731. The number of hydrogen-bond donors (Lipinski definition) is 2. The van der Waals surface area contributed by atoms with Gasteiger partial charge in [0.1, 0.15) is 11.5 Å². The Bertz CT molecular complexity index is 602. The van der Waals surface area contributed by atoms with E-state index in [9.17, 15) is 4.79 Å². The van der Waals surface area contributed by atoms with Gasteiger partial charge in [0.15, 0.2) is 0 Å². The van der Waals surface area contributed by atoms with Crippen LogP contribution in [-0.4, -0.2) is 25.8 Å². The number of benzene rings is 2. The van der Waals surface area contributed by atoms with E-state index in [1.165, 1.54) is 0 Å². The summed E-state index contributed by atoms with van der Waals surface area (Å²) in [6.07, 6.45) is 0.732. The fraction of sp³-hybridized carbons (Fsp3) is 0.278. The molecule has 5 heteroatoms. The zero-order valence-electron chi connectivity index (χ0n) is 13.2. The Morgan fingerprint density at radius 2 is 1.74 bits per heavy atom. The summed E-state index contributed by atoms with van der Waals surface area (Å²) >= 11 is 0. The Balaban J connectivity index is 1.67. The number of ether oxygens (including phenoxy) is 2.